The van der Waals surface area contributed by atoms with Gasteiger partial charge in [-0.15, -0.1) is 11.8 Å². The third-order valence-corrected chi connectivity index (χ3v) is 9.67. The van der Waals surface area contributed by atoms with E-state index < -0.39 is 0 Å². The lowest BCUT2D eigenvalue weighted by atomic mass is 10.3. The van der Waals surface area contributed by atoms with Gasteiger partial charge in [0.25, 0.3) is 0 Å². The van der Waals surface area contributed by atoms with Gasteiger partial charge in [-0.05, 0) is 37.5 Å². The van der Waals surface area contributed by atoms with E-state index in [9.17, 15) is 9.59 Å². The lowest BCUT2D eigenvalue weighted by molar-refractivity contribution is -0.108. The molecular formula is C20H30O2S5. The summed E-state index contributed by atoms with van der Waals surface area (Å²) in [6.45, 7) is 20.7. The van der Waals surface area contributed by atoms with Crippen molar-refractivity contribution in [2.24, 2.45) is 0 Å². The molecule has 0 aromatic heterocycles. The van der Waals surface area contributed by atoms with E-state index in [2.05, 4.69) is 26.3 Å². The Morgan fingerprint density at radius 2 is 1.26 bits per heavy atom. The largest absolute Gasteiger partial charge is 0.282 e. The molecule has 0 aromatic carbocycles. The first-order chi connectivity index (χ1) is 12.6. The van der Waals surface area contributed by atoms with E-state index in [1.54, 1.807) is 25.6 Å². The van der Waals surface area contributed by atoms with Gasteiger partial charge in [-0.3, -0.25) is 9.59 Å². The second-order valence-electron chi connectivity index (χ2n) is 5.91. The molecule has 0 aromatic rings. The molecule has 0 aliphatic heterocycles. The van der Waals surface area contributed by atoms with E-state index in [4.69, 9.17) is 0 Å². The summed E-state index contributed by atoms with van der Waals surface area (Å²) >= 11 is 8.14. The molecule has 0 radical (unpaired) electrons. The van der Waals surface area contributed by atoms with E-state index >= 15 is 0 Å². The molecule has 0 fully saturated rings. The lowest BCUT2D eigenvalue weighted by Crippen LogP contribution is -2.14. The number of thioether (sulfide) groups is 5. The van der Waals surface area contributed by atoms with Gasteiger partial charge in [-0.25, -0.2) is 0 Å². The van der Waals surface area contributed by atoms with Gasteiger partial charge in [-0.2, -0.15) is 23.5 Å². The van der Waals surface area contributed by atoms with Crippen LogP contribution < -0.4 is 0 Å². The summed E-state index contributed by atoms with van der Waals surface area (Å²) in [5.41, 5.74) is 2.21. The number of carbonyl (C=O) groups excluding carboxylic acids is 2. The Kier molecular flexibility index (Phi) is 15.9. The minimum absolute atomic E-state index is 0.0585. The highest BCUT2D eigenvalue weighted by atomic mass is 32.2. The molecule has 0 saturated heterocycles. The fourth-order valence-electron chi connectivity index (χ4n) is 1.47. The number of rotatable bonds is 15. The van der Waals surface area contributed by atoms with E-state index in [1.807, 2.05) is 30.4 Å². The van der Waals surface area contributed by atoms with E-state index in [0.29, 0.717) is 16.4 Å². The molecule has 0 rings (SSSR count). The molecule has 27 heavy (non-hydrogen) atoms. The minimum Gasteiger partial charge on any atom is -0.282 e. The van der Waals surface area contributed by atoms with Crippen LogP contribution in [0.1, 0.15) is 20.8 Å². The van der Waals surface area contributed by atoms with Crippen LogP contribution >= 0.6 is 58.8 Å². The fraction of sp³-hybridized carbons (Fsp3) is 0.500. The average molecular weight is 463 g/mol. The summed E-state index contributed by atoms with van der Waals surface area (Å²) in [5, 5.41) is 0.493. The molecule has 0 aliphatic rings. The maximum absolute atomic E-state index is 11.8. The van der Waals surface area contributed by atoms with Gasteiger partial charge in [0.1, 0.15) is 0 Å². The van der Waals surface area contributed by atoms with Crippen molar-refractivity contribution in [2.45, 2.75) is 26.0 Å². The van der Waals surface area contributed by atoms with Gasteiger partial charge >= 0.3 is 0 Å². The zero-order valence-corrected chi connectivity index (χ0v) is 20.6. The predicted octanol–water partition coefficient (Wildman–Crippen LogP) is 6.32. The highest BCUT2D eigenvalue weighted by Crippen LogP contribution is 2.26. The number of allylic oxidation sites excluding steroid dienone is 1. The molecule has 0 heterocycles. The van der Waals surface area contributed by atoms with Crippen LogP contribution in [0.4, 0.5) is 0 Å². The second kappa shape index (κ2) is 15.9. The van der Waals surface area contributed by atoms with Crippen molar-refractivity contribution >= 4 is 69.0 Å². The lowest BCUT2D eigenvalue weighted by Gasteiger charge is -2.15. The number of hydrogen-bond donors (Lipinski definition) is 0. The van der Waals surface area contributed by atoms with Crippen molar-refractivity contribution in [3.8, 4) is 0 Å². The molecule has 1 atom stereocenters. The summed E-state index contributed by atoms with van der Waals surface area (Å²) in [6.07, 6.45) is 0. The first-order valence-corrected chi connectivity index (χ1v) is 13.6. The van der Waals surface area contributed by atoms with Crippen LogP contribution in [-0.2, 0) is 9.59 Å². The van der Waals surface area contributed by atoms with Gasteiger partial charge < -0.3 is 0 Å². The fourth-order valence-corrected chi connectivity index (χ4v) is 6.91. The maximum atomic E-state index is 11.8. The Morgan fingerprint density at radius 3 is 1.81 bits per heavy atom. The van der Waals surface area contributed by atoms with Crippen molar-refractivity contribution in [3.05, 3.63) is 47.9 Å². The quantitative estimate of drug-likeness (QED) is 0.160. The van der Waals surface area contributed by atoms with Crippen LogP contribution in [0.5, 0.6) is 0 Å². The SMILES string of the molecule is C=C(C)C(=C)SCCSCC(CSC(=O)C(=C)C)SCCSC(=O)C(=C)C. The van der Waals surface area contributed by atoms with Crippen LogP contribution in [0, 0.1) is 0 Å². The van der Waals surface area contributed by atoms with Gasteiger partial charge in [0.2, 0.25) is 10.2 Å². The summed E-state index contributed by atoms with van der Waals surface area (Å²) in [6, 6.07) is 0. The molecule has 0 amide bonds. The molecule has 1 unspecified atom stereocenters. The van der Waals surface area contributed by atoms with Gasteiger partial charge in [-0.1, -0.05) is 49.8 Å². The smallest absolute Gasteiger partial charge is 0.214 e. The molecule has 152 valence electrons. The molecule has 0 N–H and O–H groups in total. The Balaban J connectivity index is 4.27. The van der Waals surface area contributed by atoms with Crippen molar-refractivity contribution in [1.29, 1.82) is 0 Å². The van der Waals surface area contributed by atoms with Gasteiger partial charge in [0, 0.05) is 44.7 Å². The number of hydrogen-bond acceptors (Lipinski definition) is 7. The van der Waals surface area contributed by atoms with Crippen LogP contribution in [0.25, 0.3) is 0 Å². The Labute approximate surface area is 186 Å². The van der Waals surface area contributed by atoms with Crippen molar-refractivity contribution in [1.82, 2.24) is 0 Å². The van der Waals surface area contributed by atoms with E-state index in [-0.39, 0.29) is 10.2 Å². The summed E-state index contributed by atoms with van der Waals surface area (Å²) < 4.78 is 0. The van der Waals surface area contributed by atoms with Crippen LogP contribution in [0.2, 0.25) is 0 Å². The third-order valence-electron chi connectivity index (χ3n) is 3.05. The Hall–Kier alpha value is 0.0500. The molecule has 0 saturated carbocycles. The summed E-state index contributed by atoms with van der Waals surface area (Å²) in [7, 11) is 0. The molecule has 0 aliphatic carbocycles. The molecular weight excluding hydrogens is 433 g/mol. The Morgan fingerprint density at radius 1 is 0.704 bits per heavy atom. The highest BCUT2D eigenvalue weighted by molar-refractivity contribution is 8.16. The monoisotopic (exact) mass is 462 g/mol. The molecule has 7 heteroatoms. The zero-order valence-electron chi connectivity index (χ0n) is 16.5. The van der Waals surface area contributed by atoms with Crippen molar-refractivity contribution in [2.75, 3.05) is 34.5 Å². The van der Waals surface area contributed by atoms with Gasteiger partial charge in [0.05, 0.1) is 0 Å². The van der Waals surface area contributed by atoms with Crippen molar-refractivity contribution < 1.29 is 9.59 Å². The number of carbonyl (C=O) groups is 2. The molecule has 0 spiro atoms. The standard InChI is InChI=1S/C20H30O2S5/c1-14(2)17(7)24-9-8-23-12-18(13-27-20(22)16(5)6)25-10-11-26-19(21)15(3)4/h18H,1,3,5,7-13H2,2,4,6H3. The average Bonchev–Trinajstić information content (AvgIpc) is 2.60. The highest BCUT2D eigenvalue weighted by Gasteiger charge is 2.14. The maximum Gasteiger partial charge on any atom is 0.214 e. The second-order valence-corrected chi connectivity index (χ2v) is 11.7. The summed E-state index contributed by atoms with van der Waals surface area (Å²) in [5.74, 6) is 5.46. The van der Waals surface area contributed by atoms with Crippen LogP contribution in [0.3, 0.4) is 0 Å². The van der Waals surface area contributed by atoms with Crippen molar-refractivity contribution in [3.63, 3.8) is 0 Å². The van der Waals surface area contributed by atoms with E-state index in [1.165, 1.54) is 23.5 Å². The first-order valence-electron chi connectivity index (χ1n) is 8.47. The first kappa shape index (κ1) is 27.0. The molecule has 2 nitrogen and oxygen atoms in total. The topological polar surface area (TPSA) is 34.1 Å². The predicted molar refractivity (Wildman–Crippen MR) is 135 cm³/mol. The van der Waals surface area contributed by atoms with Gasteiger partial charge in [0.15, 0.2) is 0 Å². The van der Waals surface area contributed by atoms with Crippen LogP contribution in [0.15, 0.2) is 47.9 Å². The van der Waals surface area contributed by atoms with E-state index in [0.717, 1.165) is 45.0 Å². The Bertz CT molecular complexity index is 569. The summed E-state index contributed by atoms with van der Waals surface area (Å²) in [4.78, 5) is 24.5. The molecule has 0 bridgehead atoms. The zero-order chi connectivity index (χ0) is 20.8. The third kappa shape index (κ3) is 14.7. The normalized spacial score (nSPS) is 11.7. The van der Waals surface area contributed by atoms with Crippen LogP contribution in [-0.4, -0.2) is 50.0 Å². The minimum atomic E-state index is 0.0585.